The predicted molar refractivity (Wildman–Crippen MR) is 66.3 cm³/mol. The van der Waals surface area contributed by atoms with Gasteiger partial charge in [-0.1, -0.05) is 0 Å². The van der Waals surface area contributed by atoms with Gasteiger partial charge in [0.2, 0.25) is 0 Å². The lowest BCUT2D eigenvalue weighted by atomic mass is 10.1. The Labute approximate surface area is 107 Å². The minimum absolute atomic E-state index is 0.283. The van der Waals surface area contributed by atoms with Gasteiger partial charge in [0, 0.05) is 18.6 Å². The number of urea groups is 1. The fraction of sp³-hybridized carbons (Fsp3) is 0.833. The summed E-state index contributed by atoms with van der Waals surface area (Å²) in [6, 6.07) is -0.316. The van der Waals surface area contributed by atoms with Crippen molar-refractivity contribution in [1.82, 2.24) is 9.80 Å². The Morgan fingerprint density at radius 1 is 1.39 bits per heavy atom. The molecule has 0 aromatic heterocycles. The third-order valence-corrected chi connectivity index (χ3v) is 3.00. The monoisotopic (exact) mass is 258 g/mol. The number of rotatable bonds is 2. The first kappa shape index (κ1) is 14.8. The fourth-order valence-corrected chi connectivity index (χ4v) is 2.03. The van der Waals surface area contributed by atoms with E-state index in [1.807, 2.05) is 0 Å². The molecule has 18 heavy (non-hydrogen) atoms. The van der Waals surface area contributed by atoms with Gasteiger partial charge in [-0.3, -0.25) is 4.79 Å². The van der Waals surface area contributed by atoms with Gasteiger partial charge in [0.15, 0.2) is 0 Å². The van der Waals surface area contributed by atoms with Crippen LogP contribution in [0.5, 0.6) is 0 Å². The third kappa shape index (κ3) is 3.87. The van der Waals surface area contributed by atoms with Gasteiger partial charge in [0.25, 0.3) is 0 Å². The average Bonchev–Trinajstić information content (AvgIpc) is 2.23. The van der Waals surface area contributed by atoms with Crippen molar-refractivity contribution in [2.24, 2.45) is 0 Å². The van der Waals surface area contributed by atoms with E-state index < -0.39 is 17.6 Å². The second-order valence-corrected chi connectivity index (χ2v) is 5.68. The highest BCUT2D eigenvalue weighted by atomic mass is 16.4. The summed E-state index contributed by atoms with van der Waals surface area (Å²) in [5.74, 6) is -1.03. The maximum Gasteiger partial charge on any atom is 0.323 e. The van der Waals surface area contributed by atoms with E-state index in [0.29, 0.717) is 13.0 Å². The molecule has 1 aliphatic rings. The molecular weight excluding hydrogens is 236 g/mol. The van der Waals surface area contributed by atoms with Crippen molar-refractivity contribution in [3.8, 4) is 0 Å². The molecule has 0 radical (unpaired) electrons. The van der Waals surface area contributed by atoms with E-state index in [4.69, 9.17) is 5.11 Å². The van der Waals surface area contributed by atoms with Crippen LogP contribution in [0.2, 0.25) is 0 Å². The molecule has 2 amide bonds. The van der Waals surface area contributed by atoms with E-state index in [9.17, 15) is 14.7 Å². The molecule has 1 atom stereocenters. The molecule has 0 saturated carbocycles. The largest absolute Gasteiger partial charge is 0.480 e. The Morgan fingerprint density at radius 3 is 2.44 bits per heavy atom. The number of carbonyl (C=O) groups excluding carboxylic acids is 1. The van der Waals surface area contributed by atoms with Gasteiger partial charge >= 0.3 is 12.0 Å². The summed E-state index contributed by atoms with van der Waals surface area (Å²) in [5, 5.41) is 18.5. The summed E-state index contributed by atoms with van der Waals surface area (Å²) >= 11 is 0. The Bertz CT molecular complexity index is 325. The Hall–Kier alpha value is -1.30. The van der Waals surface area contributed by atoms with Crippen molar-refractivity contribution >= 4 is 12.0 Å². The number of aliphatic carboxylic acids is 1. The second kappa shape index (κ2) is 5.56. The van der Waals surface area contributed by atoms with Gasteiger partial charge in [-0.15, -0.1) is 0 Å². The van der Waals surface area contributed by atoms with Crippen molar-refractivity contribution in [2.75, 3.05) is 19.6 Å². The maximum atomic E-state index is 12.3. The quantitative estimate of drug-likeness (QED) is 0.765. The van der Waals surface area contributed by atoms with Gasteiger partial charge in [-0.2, -0.15) is 0 Å². The van der Waals surface area contributed by atoms with E-state index in [2.05, 4.69) is 0 Å². The number of β-amino-alcohol motifs (C(OH)–C–C–N with tert-alkyl or cyclic N) is 1. The lowest BCUT2D eigenvalue weighted by molar-refractivity contribution is -0.138. The highest BCUT2D eigenvalue weighted by Crippen LogP contribution is 2.18. The van der Waals surface area contributed by atoms with Crippen LogP contribution in [0.4, 0.5) is 4.79 Å². The number of hydrogen-bond acceptors (Lipinski definition) is 3. The van der Waals surface area contributed by atoms with Crippen molar-refractivity contribution in [3.05, 3.63) is 0 Å². The molecule has 0 aromatic carbocycles. The molecule has 6 heteroatoms. The minimum Gasteiger partial charge on any atom is -0.480 e. The SMILES string of the molecule is CC(C)(C)N(CC(=O)O)C(=O)N1CCCC(O)C1. The molecule has 6 nitrogen and oxygen atoms in total. The number of carboxylic acids is 1. The normalized spacial score (nSPS) is 20.7. The van der Waals surface area contributed by atoms with Gasteiger partial charge in [0.1, 0.15) is 6.54 Å². The van der Waals surface area contributed by atoms with Gasteiger partial charge < -0.3 is 20.0 Å². The topological polar surface area (TPSA) is 81.1 Å². The highest BCUT2D eigenvalue weighted by Gasteiger charge is 2.33. The number of carbonyl (C=O) groups is 2. The second-order valence-electron chi connectivity index (χ2n) is 5.68. The summed E-state index contributed by atoms with van der Waals surface area (Å²) in [5.41, 5.74) is -0.558. The van der Waals surface area contributed by atoms with E-state index in [-0.39, 0.29) is 19.1 Å². The maximum absolute atomic E-state index is 12.3. The predicted octanol–water partition coefficient (Wildman–Crippen LogP) is 0.748. The van der Waals surface area contributed by atoms with E-state index >= 15 is 0 Å². The lowest BCUT2D eigenvalue weighted by Gasteiger charge is -2.40. The van der Waals surface area contributed by atoms with E-state index in [0.717, 1.165) is 6.42 Å². The first-order valence-electron chi connectivity index (χ1n) is 6.18. The number of amides is 2. The standard InChI is InChI=1S/C12H22N2O4/c1-12(2,3)14(8-10(16)17)11(18)13-6-4-5-9(15)7-13/h9,15H,4-8H2,1-3H3,(H,16,17). The summed E-state index contributed by atoms with van der Waals surface area (Å²) in [6.07, 6.45) is 0.935. The number of nitrogens with zero attached hydrogens (tertiary/aromatic N) is 2. The average molecular weight is 258 g/mol. The molecule has 1 saturated heterocycles. The molecule has 1 fully saturated rings. The van der Waals surface area contributed by atoms with Crippen molar-refractivity contribution in [3.63, 3.8) is 0 Å². The summed E-state index contributed by atoms with van der Waals surface area (Å²) < 4.78 is 0. The number of carboxylic acid groups (broad SMARTS) is 1. The van der Waals surface area contributed by atoms with E-state index in [1.54, 1.807) is 20.8 Å². The number of likely N-dealkylation sites (tertiary alicyclic amines) is 1. The molecule has 2 N–H and O–H groups in total. The Balaban J connectivity index is 2.78. The van der Waals surface area contributed by atoms with Gasteiger partial charge in [0.05, 0.1) is 6.10 Å². The summed E-state index contributed by atoms with van der Waals surface area (Å²) in [6.45, 7) is 5.93. The molecule has 104 valence electrons. The molecule has 0 aliphatic carbocycles. The highest BCUT2D eigenvalue weighted by molar-refractivity contribution is 5.81. The Morgan fingerprint density at radius 2 is 2.00 bits per heavy atom. The lowest BCUT2D eigenvalue weighted by Crippen LogP contribution is -2.56. The zero-order valence-corrected chi connectivity index (χ0v) is 11.2. The van der Waals surface area contributed by atoms with Crippen LogP contribution in [-0.4, -0.2) is 63.3 Å². The minimum atomic E-state index is -1.03. The van der Waals surface area contributed by atoms with Crippen LogP contribution < -0.4 is 0 Å². The molecule has 1 aliphatic heterocycles. The van der Waals surface area contributed by atoms with Crippen LogP contribution >= 0.6 is 0 Å². The van der Waals surface area contributed by atoms with Crippen LogP contribution in [-0.2, 0) is 4.79 Å². The number of piperidine rings is 1. The van der Waals surface area contributed by atoms with Crippen LogP contribution in [0.25, 0.3) is 0 Å². The zero-order valence-electron chi connectivity index (χ0n) is 11.2. The summed E-state index contributed by atoms with van der Waals surface area (Å²) in [4.78, 5) is 26.0. The van der Waals surface area contributed by atoms with Crippen molar-refractivity contribution in [2.45, 2.75) is 45.3 Å². The van der Waals surface area contributed by atoms with Crippen LogP contribution in [0, 0.1) is 0 Å². The molecular formula is C12H22N2O4. The van der Waals surface area contributed by atoms with Crippen LogP contribution in [0.15, 0.2) is 0 Å². The number of hydrogen-bond donors (Lipinski definition) is 2. The van der Waals surface area contributed by atoms with Crippen molar-refractivity contribution in [1.29, 1.82) is 0 Å². The van der Waals surface area contributed by atoms with Gasteiger partial charge in [-0.05, 0) is 33.6 Å². The zero-order chi connectivity index (χ0) is 13.9. The Kier molecular flexibility index (Phi) is 4.56. The third-order valence-electron chi connectivity index (χ3n) is 3.00. The molecule has 0 bridgehead atoms. The first-order valence-corrected chi connectivity index (χ1v) is 6.18. The number of aliphatic hydroxyl groups is 1. The molecule has 1 heterocycles. The number of aliphatic hydroxyl groups excluding tert-OH is 1. The van der Waals surface area contributed by atoms with Crippen molar-refractivity contribution < 1.29 is 19.8 Å². The van der Waals surface area contributed by atoms with Crippen LogP contribution in [0.1, 0.15) is 33.6 Å². The molecule has 1 rings (SSSR count). The summed E-state index contributed by atoms with van der Waals surface area (Å²) in [7, 11) is 0. The molecule has 1 unspecified atom stereocenters. The first-order chi connectivity index (χ1) is 8.21. The molecule has 0 spiro atoms. The smallest absolute Gasteiger partial charge is 0.323 e. The van der Waals surface area contributed by atoms with Crippen LogP contribution in [0.3, 0.4) is 0 Å². The fourth-order valence-electron chi connectivity index (χ4n) is 2.03. The van der Waals surface area contributed by atoms with E-state index in [1.165, 1.54) is 9.80 Å². The van der Waals surface area contributed by atoms with Gasteiger partial charge in [-0.25, -0.2) is 4.79 Å². The molecule has 0 aromatic rings.